The molecule has 23 heavy (non-hydrogen) atoms. The first-order valence-corrected chi connectivity index (χ1v) is 10.1. The number of hydrogen-bond donors (Lipinski definition) is 1. The Morgan fingerprint density at radius 3 is 2.04 bits per heavy atom. The smallest absolute Gasteiger partial charge is 0.263 e. The standard InChI is InChI=1S/C15H17NO5S2/c1-12-7-9-13(10-8-12)11-21-16-23(19,20)15-6-4-3-5-14(15)22(2,17)18/h3-10,16H,11H2,1-2H3. The molecule has 124 valence electrons. The molecule has 0 amide bonds. The van der Waals surface area contributed by atoms with Gasteiger partial charge in [-0.05, 0) is 24.6 Å². The van der Waals surface area contributed by atoms with Crippen molar-refractivity contribution in [3.05, 3.63) is 59.7 Å². The lowest BCUT2D eigenvalue weighted by atomic mass is 10.2. The maximum Gasteiger partial charge on any atom is 0.263 e. The topological polar surface area (TPSA) is 89.5 Å². The quantitative estimate of drug-likeness (QED) is 0.798. The summed E-state index contributed by atoms with van der Waals surface area (Å²) in [5, 5.41) is 0. The summed E-state index contributed by atoms with van der Waals surface area (Å²) in [6.07, 6.45) is 0.953. The fourth-order valence-corrected chi connectivity index (χ4v) is 4.34. The fourth-order valence-electron chi connectivity index (χ4n) is 1.90. The first-order valence-electron chi connectivity index (χ1n) is 6.68. The number of hydrogen-bond acceptors (Lipinski definition) is 5. The summed E-state index contributed by atoms with van der Waals surface area (Å²) >= 11 is 0. The highest BCUT2D eigenvalue weighted by atomic mass is 32.2. The number of aryl methyl sites for hydroxylation is 1. The zero-order valence-electron chi connectivity index (χ0n) is 12.7. The Kier molecular flexibility index (Phi) is 5.20. The van der Waals surface area contributed by atoms with Gasteiger partial charge in [0.05, 0.1) is 11.5 Å². The second-order valence-electron chi connectivity index (χ2n) is 5.08. The minimum Gasteiger partial charge on any atom is -0.282 e. The molecule has 2 aromatic rings. The minimum atomic E-state index is -4.10. The number of benzene rings is 2. The first-order chi connectivity index (χ1) is 10.7. The maximum absolute atomic E-state index is 12.2. The van der Waals surface area contributed by atoms with Crippen LogP contribution in [0.1, 0.15) is 11.1 Å². The van der Waals surface area contributed by atoms with Crippen molar-refractivity contribution in [1.29, 1.82) is 0 Å². The van der Waals surface area contributed by atoms with Crippen LogP contribution in [0.4, 0.5) is 0 Å². The van der Waals surface area contributed by atoms with Gasteiger partial charge >= 0.3 is 0 Å². The third-order valence-electron chi connectivity index (χ3n) is 3.07. The van der Waals surface area contributed by atoms with Gasteiger partial charge in [0.2, 0.25) is 0 Å². The van der Waals surface area contributed by atoms with E-state index < -0.39 is 19.9 Å². The summed E-state index contributed by atoms with van der Waals surface area (Å²) in [7, 11) is -7.78. The van der Waals surface area contributed by atoms with Crippen molar-refractivity contribution in [2.24, 2.45) is 0 Å². The molecule has 0 heterocycles. The first kappa shape index (κ1) is 17.6. The number of sulfonamides is 1. The largest absolute Gasteiger partial charge is 0.282 e. The van der Waals surface area contributed by atoms with Crippen molar-refractivity contribution < 1.29 is 21.7 Å². The highest BCUT2D eigenvalue weighted by Gasteiger charge is 2.23. The molecule has 0 bridgehead atoms. The molecule has 0 radical (unpaired) electrons. The van der Waals surface area contributed by atoms with Crippen LogP contribution in [0.2, 0.25) is 0 Å². The highest BCUT2D eigenvalue weighted by molar-refractivity contribution is 7.93. The molecule has 0 aromatic heterocycles. The molecule has 0 saturated carbocycles. The molecule has 0 atom stereocenters. The van der Waals surface area contributed by atoms with Gasteiger partial charge in [0.1, 0.15) is 4.90 Å². The monoisotopic (exact) mass is 355 g/mol. The molecule has 0 aliphatic heterocycles. The Labute approximate surface area is 136 Å². The van der Waals surface area contributed by atoms with E-state index in [9.17, 15) is 16.8 Å². The van der Waals surface area contributed by atoms with Gasteiger partial charge < -0.3 is 0 Å². The third-order valence-corrected chi connectivity index (χ3v) is 5.62. The molecule has 2 rings (SSSR count). The van der Waals surface area contributed by atoms with Crippen molar-refractivity contribution in [1.82, 2.24) is 4.89 Å². The van der Waals surface area contributed by atoms with E-state index in [1.165, 1.54) is 24.3 Å². The van der Waals surface area contributed by atoms with Gasteiger partial charge in [0.25, 0.3) is 10.0 Å². The van der Waals surface area contributed by atoms with Crippen molar-refractivity contribution in [2.75, 3.05) is 6.26 Å². The van der Waals surface area contributed by atoms with E-state index in [2.05, 4.69) is 0 Å². The molecule has 1 N–H and O–H groups in total. The second-order valence-corrected chi connectivity index (χ2v) is 8.68. The maximum atomic E-state index is 12.2. The number of rotatable bonds is 6. The average molecular weight is 355 g/mol. The van der Waals surface area contributed by atoms with Crippen LogP contribution in [0.5, 0.6) is 0 Å². The summed E-state index contributed by atoms with van der Waals surface area (Å²) in [5.74, 6) is 0. The van der Waals surface area contributed by atoms with Crippen LogP contribution in [0.25, 0.3) is 0 Å². The molecule has 0 saturated heterocycles. The van der Waals surface area contributed by atoms with Gasteiger partial charge in [0, 0.05) is 6.26 Å². The fraction of sp³-hybridized carbons (Fsp3) is 0.200. The molecule has 2 aromatic carbocycles. The van der Waals surface area contributed by atoms with Gasteiger partial charge in [-0.1, -0.05) is 46.8 Å². The minimum absolute atomic E-state index is 0.0283. The Balaban J connectivity index is 2.15. The van der Waals surface area contributed by atoms with Gasteiger partial charge in [-0.2, -0.15) is 0 Å². The third kappa shape index (κ3) is 4.61. The van der Waals surface area contributed by atoms with E-state index in [0.717, 1.165) is 17.4 Å². The molecular formula is C15H17NO5S2. The van der Waals surface area contributed by atoms with Crippen LogP contribution in [-0.4, -0.2) is 23.1 Å². The highest BCUT2D eigenvalue weighted by Crippen LogP contribution is 2.20. The average Bonchev–Trinajstić information content (AvgIpc) is 2.48. The van der Waals surface area contributed by atoms with Crippen LogP contribution in [0, 0.1) is 6.92 Å². The summed E-state index contributed by atoms with van der Waals surface area (Å²) < 4.78 is 47.9. The van der Waals surface area contributed by atoms with Crippen molar-refractivity contribution in [3.8, 4) is 0 Å². The van der Waals surface area contributed by atoms with E-state index in [-0.39, 0.29) is 16.4 Å². The molecule has 0 fully saturated rings. The molecule has 0 aliphatic carbocycles. The zero-order valence-corrected chi connectivity index (χ0v) is 14.3. The van der Waals surface area contributed by atoms with Gasteiger partial charge in [-0.15, -0.1) is 0 Å². The Hall–Kier alpha value is -1.74. The Morgan fingerprint density at radius 2 is 1.48 bits per heavy atom. The zero-order chi connectivity index (χ0) is 17.1. The van der Waals surface area contributed by atoms with E-state index in [0.29, 0.717) is 0 Å². The predicted molar refractivity (Wildman–Crippen MR) is 85.8 cm³/mol. The van der Waals surface area contributed by atoms with Crippen molar-refractivity contribution in [3.63, 3.8) is 0 Å². The molecule has 8 heteroatoms. The van der Waals surface area contributed by atoms with Crippen LogP contribution < -0.4 is 4.89 Å². The lowest BCUT2D eigenvalue weighted by Gasteiger charge is -2.10. The Morgan fingerprint density at radius 1 is 0.913 bits per heavy atom. The van der Waals surface area contributed by atoms with E-state index in [4.69, 9.17) is 4.84 Å². The second kappa shape index (κ2) is 6.79. The van der Waals surface area contributed by atoms with Gasteiger partial charge in [-0.3, -0.25) is 4.84 Å². The number of nitrogens with one attached hydrogen (secondary N) is 1. The Bertz CT molecular complexity index is 888. The van der Waals surface area contributed by atoms with E-state index >= 15 is 0 Å². The predicted octanol–water partition coefficient (Wildman–Crippen LogP) is 1.81. The van der Waals surface area contributed by atoms with Crippen LogP contribution in [0.15, 0.2) is 58.3 Å². The lowest BCUT2D eigenvalue weighted by molar-refractivity contribution is 0.0794. The van der Waals surface area contributed by atoms with Gasteiger partial charge in [0.15, 0.2) is 9.84 Å². The van der Waals surface area contributed by atoms with Gasteiger partial charge in [-0.25, -0.2) is 16.8 Å². The van der Waals surface area contributed by atoms with Crippen molar-refractivity contribution >= 4 is 19.9 Å². The molecule has 0 aliphatic rings. The summed E-state index contributed by atoms with van der Waals surface area (Å²) in [5.41, 5.74) is 1.87. The summed E-state index contributed by atoms with van der Waals surface area (Å²) in [6, 6.07) is 12.8. The van der Waals surface area contributed by atoms with Crippen LogP contribution in [-0.2, 0) is 31.3 Å². The normalized spacial score (nSPS) is 12.3. The van der Waals surface area contributed by atoms with Crippen LogP contribution >= 0.6 is 0 Å². The van der Waals surface area contributed by atoms with Crippen molar-refractivity contribution in [2.45, 2.75) is 23.3 Å². The van der Waals surface area contributed by atoms with E-state index in [1.54, 1.807) is 0 Å². The molecule has 6 nitrogen and oxygen atoms in total. The van der Waals surface area contributed by atoms with Crippen LogP contribution in [0.3, 0.4) is 0 Å². The summed E-state index contributed by atoms with van der Waals surface area (Å²) in [4.78, 5) is 6.36. The summed E-state index contributed by atoms with van der Waals surface area (Å²) in [6.45, 7) is 1.97. The lowest BCUT2D eigenvalue weighted by Crippen LogP contribution is -2.25. The SMILES string of the molecule is Cc1ccc(CONS(=O)(=O)c2ccccc2S(C)(=O)=O)cc1. The van der Waals surface area contributed by atoms with E-state index in [1.807, 2.05) is 36.1 Å². The molecular weight excluding hydrogens is 338 g/mol. The molecule has 0 unspecified atom stereocenters. The number of sulfone groups is 1. The molecule has 0 spiro atoms.